The number of esters is 1. The summed E-state index contributed by atoms with van der Waals surface area (Å²) < 4.78 is 15.9. The Morgan fingerprint density at radius 2 is 1.53 bits per heavy atom. The van der Waals surface area contributed by atoms with Crippen LogP contribution in [0.1, 0.15) is 15.9 Å². The molecule has 0 saturated heterocycles. The molecule has 0 aliphatic carbocycles. The number of ether oxygens (including phenoxy) is 3. The lowest BCUT2D eigenvalue weighted by atomic mass is 10.1. The fourth-order valence-corrected chi connectivity index (χ4v) is 2.65. The van der Waals surface area contributed by atoms with E-state index in [9.17, 15) is 10.1 Å². The molecule has 1 heterocycles. The second-order valence-corrected chi connectivity index (χ2v) is 6.04. The van der Waals surface area contributed by atoms with Crippen LogP contribution in [0.25, 0.3) is 11.3 Å². The Morgan fingerprint density at radius 1 is 0.967 bits per heavy atom. The van der Waals surface area contributed by atoms with E-state index >= 15 is 0 Å². The molecule has 0 atom stereocenters. The summed E-state index contributed by atoms with van der Waals surface area (Å²) >= 11 is 0. The summed E-state index contributed by atoms with van der Waals surface area (Å²) in [4.78, 5) is 19.3. The third-order valence-corrected chi connectivity index (χ3v) is 4.09. The van der Waals surface area contributed by atoms with Gasteiger partial charge in [-0.2, -0.15) is 10.2 Å². The van der Waals surface area contributed by atoms with Crippen molar-refractivity contribution in [3.8, 4) is 28.8 Å². The first kappa shape index (κ1) is 20.4. The maximum atomic E-state index is 11.4. The molecule has 152 valence electrons. The van der Waals surface area contributed by atoms with Crippen molar-refractivity contribution in [1.82, 2.24) is 9.97 Å². The highest BCUT2D eigenvalue weighted by Gasteiger charge is 2.13. The highest BCUT2D eigenvalue weighted by molar-refractivity contribution is 5.89. The number of hydrogen-bond acceptors (Lipinski definition) is 9. The number of methoxy groups -OCH3 is 1. The lowest BCUT2D eigenvalue weighted by Gasteiger charge is -2.10. The quantitative estimate of drug-likeness (QED) is 0.447. The molecule has 0 aliphatic heterocycles. The summed E-state index contributed by atoms with van der Waals surface area (Å²) in [5, 5.41) is 9.29. The van der Waals surface area contributed by atoms with Crippen molar-refractivity contribution >= 4 is 17.7 Å². The molecule has 0 aliphatic rings. The van der Waals surface area contributed by atoms with Crippen LogP contribution in [-0.2, 0) is 4.74 Å². The molecule has 3 rings (SSSR count). The highest BCUT2D eigenvalue weighted by Crippen LogP contribution is 2.27. The van der Waals surface area contributed by atoms with E-state index in [1.807, 2.05) is 6.07 Å². The highest BCUT2D eigenvalue weighted by atomic mass is 16.5. The number of nitrogens with two attached hydrogens (primary N) is 2. The van der Waals surface area contributed by atoms with Gasteiger partial charge in [0.05, 0.1) is 18.4 Å². The molecule has 9 nitrogen and oxygen atoms in total. The van der Waals surface area contributed by atoms with Gasteiger partial charge in [-0.25, -0.2) is 9.78 Å². The summed E-state index contributed by atoms with van der Waals surface area (Å²) in [6.45, 7) is 0.631. The summed E-state index contributed by atoms with van der Waals surface area (Å²) in [5.41, 5.74) is 13.0. The monoisotopic (exact) mass is 405 g/mol. The topological polar surface area (TPSA) is 146 Å². The molecular formula is C21H19N5O4. The van der Waals surface area contributed by atoms with Crippen LogP contribution in [0, 0.1) is 11.3 Å². The zero-order chi connectivity index (χ0) is 21.5. The summed E-state index contributed by atoms with van der Waals surface area (Å²) in [6.07, 6.45) is 0. The van der Waals surface area contributed by atoms with Gasteiger partial charge in [0.15, 0.2) is 0 Å². The molecule has 2 aromatic carbocycles. The third-order valence-electron chi connectivity index (χ3n) is 4.09. The van der Waals surface area contributed by atoms with E-state index in [0.29, 0.717) is 41.5 Å². The molecule has 1 aromatic heterocycles. The lowest BCUT2D eigenvalue weighted by molar-refractivity contribution is 0.0600. The first-order valence-electron chi connectivity index (χ1n) is 8.89. The van der Waals surface area contributed by atoms with Gasteiger partial charge in [0.25, 0.3) is 0 Å². The van der Waals surface area contributed by atoms with Crippen LogP contribution in [0.15, 0.2) is 48.5 Å². The number of hydrogen-bond donors (Lipinski definition) is 2. The fraction of sp³-hybridized carbons (Fsp3) is 0.143. The number of carbonyl (C=O) groups excluding carboxylic acids is 1. The number of nitriles is 1. The molecule has 9 heteroatoms. The molecule has 0 fully saturated rings. The average Bonchev–Trinajstić information content (AvgIpc) is 2.76. The van der Waals surface area contributed by atoms with Gasteiger partial charge in [-0.3, -0.25) is 0 Å². The van der Waals surface area contributed by atoms with Gasteiger partial charge < -0.3 is 25.7 Å². The average molecular weight is 405 g/mol. The Kier molecular flexibility index (Phi) is 6.29. The van der Waals surface area contributed by atoms with Crippen LogP contribution in [0.5, 0.6) is 11.5 Å². The van der Waals surface area contributed by atoms with Crippen molar-refractivity contribution in [2.24, 2.45) is 0 Å². The zero-order valence-corrected chi connectivity index (χ0v) is 16.2. The van der Waals surface area contributed by atoms with Crippen LogP contribution in [0.3, 0.4) is 0 Å². The second-order valence-electron chi connectivity index (χ2n) is 6.04. The Balaban J connectivity index is 1.56. The number of aromatic nitrogens is 2. The van der Waals surface area contributed by atoms with E-state index in [4.69, 9.17) is 20.9 Å². The maximum Gasteiger partial charge on any atom is 0.337 e. The zero-order valence-electron chi connectivity index (χ0n) is 16.2. The van der Waals surface area contributed by atoms with E-state index in [2.05, 4.69) is 14.7 Å². The van der Waals surface area contributed by atoms with Gasteiger partial charge in [0.1, 0.15) is 42.2 Å². The van der Waals surface area contributed by atoms with Gasteiger partial charge in [-0.15, -0.1) is 0 Å². The number of rotatable bonds is 7. The normalized spacial score (nSPS) is 10.1. The first-order valence-corrected chi connectivity index (χ1v) is 8.89. The largest absolute Gasteiger partial charge is 0.490 e. The Bertz CT molecular complexity index is 1080. The Hall–Kier alpha value is -4.32. The molecule has 0 unspecified atom stereocenters. The number of carbonyl (C=O) groups is 1. The maximum absolute atomic E-state index is 11.4. The van der Waals surface area contributed by atoms with Crippen LogP contribution < -0.4 is 20.9 Å². The summed E-state index contributed by atoms with van der Waals surface area (Å²) in [5.74, 6) is 0.875. The second kappa shape index (κ2) is 9.25. The number of nitrogens with zero attached hydrogens (tertiary/aromatic N) is 3. The molecule has 30 heavy (non-hydrogen) atoms. The van der Waals surface area contributed by atoms with Crippen molar-refractivity contribution in [1.29, 1.82) is 5.26 Å². The lowest BCUT2D eigenvalue weighted by Crippen LogP contribution is -2.09. The minimum absolute atomic E-state index is 0.00130. The molecule has 3 aromatic rings. The molecule has 4 N–H and O–H groups in total. The van der Waals surface area contributed by atoms with E-state index < -0.39 is 5.97 Å². The van der Waals surface area contributed by atoms with Crippen molar-refractivity contribution in [2.75, 3.05) is 31.8 Å². The van der Waals surface area contributed by atoms with E-state index in [-0.39, 0.29) is 17.3 Å². The van der Waals surface area contributed by atoms with Crippen LogP contribution in [-0.4, -0.2) is 36.3 Å². The van der Waals surface area contributed by atoms with E-state index in [1.54, 1.807) is 48.5 Å². The van der Waals surface area contributed by atoms with Crippen LogP contribution in [0.4, 0.5) is 11.8 Å². The number of benzene rings is 2. The van der Waals surface area contributed by atoms with Crippen LogP contribution in [0.2, 0.25) is 0 Å². The Labute approximate surface area is 172 Å². The van der Waals surface area contributed by atoms with E-state index in [0.717, 1.165) is 0 Å². The molecule has 0 saturated carbocycles. The summed E-state index contributed by atoms with van der Waals surface area (Å²) in [6, 6.07) is 15.6. The molecular weight excluding hydrogens is 386 g/mol. The number of nitrogen functional groups attached to an aromatic ring is 2. The minimum Gasteiger partial charge on any atom is -0.490 e. The van der Waals surface area contributed by atoms with Gasteiger partial charge in [-0.1, -0.05) is 0 Å². The van der Waals surface area contributed by atoms with Gasteiger partial charge in [0.2, 0.25) is 5.95 Å². The molecule has 0 amide bonds. The van der Waals surface area contributed by atoms with E-state index in [1.165, 1.54) is 7.11 Å². The Morgan fingerprint density at radius 3 is 2.07 bits per heavy atom. The van der Waals surface area contributed by atoms with Gasteiger partial charge in [-0.05, 0) is 48.5 Å². The molecule has 0 spiro atoms. The van der Waals surface area contributed by atoms with Crippen molar-refractivity contribution in [3.05, 3.63) is 59.7 Å². The standard InChI is InChI=1S/C21H19N5O4/c1-28-20(27)14-4-8-16(9-5-14)30-11-10-29-15-6-2-13(3-7-15)18-17(12-22)19(23)26-21(24)25-18/h2-9H,10-11H2,1H3,(H4,23,24,25,26). The predicted octanol–water partition coefficient (Wildman–Crippen LogP) is 2.42. The van der Waals surface area contributed by atoms with Gasteiger partial charge in [0, 0.05) is 5.56 Å². The smallest absolute Gasteiger partial charge is 0.337 e. The summed E-state index contributed by atoms with van der Waals surface area (Å²) in [7, 11) is 1.33. The molecule has 0 bridgehead atoms. The van der Waals surface area contributed by atoms with Gasteiger partial charge >= 0.3 is 5.97 Å². The van der Waals surface area contributed by atoms with Crippen molar-refractivity contribution < 1.29 is 19.0 Å². The fourth-order valence-electron chi connectivity index (χ4n) is 2.65. The molecule has 0 radical (unpaired) electrons. The number of anilines is 2. The minimum atomic E-state index is -0.400. The predicted molar refractivity (Wildman–Crippen MR) is 110 cm³/mol. The van der Waals surface area contributed by atoms with Crippen molar-refractivity contribution in [3.63, 3.8) is 0 Å². The van der Waals surface area contributed by atoms with Crippen molar-refractivity contribution in [2.45, 2.75) is 0 Å². The first-order chi connectivity index (χ1) is 14.5. The van der Waals surface area contributed by atoms with Crippen LogP contribution >= 0.6 is 0 Å². The SMILES string of the molecule is COC(=O)c1ccc(OCCOc2ccc(-c3nc(N)nc(N)c3C#N)cc2)cc1. The third kappa shape index (κ3) is 4.74.